The number of nitrogens with one attached hydrogen (secondary N) is 1. The van der Waals surface area contributed by atoms with Gasteiger partial charge in [0.2, 0.25) is 0 Å². The first kappa shape index (κ1) is 31.2. The summed E-state index contributed by atoms with van der Waals surface area (Å²) in [6, 6.07) is 3.48. The van der Waals surface area contributed by atoms with Crippen LogP contribution in [-0.2, 0) is 18.3 Å². The van der Waals surface area contributed by atoms with Crippen molar-refractivity contribution >= 4 is 46.3 Å². The monoisotopic (exact) mass is 620 g/mol. The van der Waals surface area contributed by atoms with E-state index in [1.807, 2.05) is 4.90 Å². The molecule has 230 valence electrons. The second kappa shape index (κ2) is 11.0. The molecule has 0 radical (unpaired) electrons. The number of benzene rings is 2. The standard InChI is InChI=1S/C33H32N2O8.ClH/c1-4-5-6-7-18-13-17-12-15-8-10-33(25(15)29(40)20(17)32(43)34-18)30(41)23-24(31(33)42)28(39)22-21(27(23)38)19(36)14-16(26(22)37)9-11-35(2)3;/h12-14,38-40H,4-11H2,1-3H3,(H,34,43);1H. The summed E-state index contributed by atoms with van der Waals surface area (Å²) in [6.07, 6.45) is 4.94. The maximum atomic E-state index is 14.2. The maximum Gasteiger partial charge on any atom is 0.259 e. The summed E-state index contributed by atoms with van der Waals surface area (Å²) in [5.41, 5.74) is -3.47. The minimum Gasteiger partial charge on any atom is -0.507 e. The van der Waals surface area contributed by atoms with Crippen molar-refractivity contribution in [2.24, 2.45) is 0 Å². The second-order valence-electron chi connectivity index (χ2n) is 12.0. The largest absolute Gasteiger partial charge is 0.507 e. The Balaban J connectivity index is 0.00000384. The van der Waals surface area contributed by atoms with Gasteiger partial charge in [0.25, 0.3) is 5.56 Å². The number of ketones is 4. The minimum absolute atomic E-state index is 0. The van der Waals surface area contributed by atoms with Crippen LogP contribution in [0.2, 0.25) is 0 Å². The number of carbonyl (C=O) groups excluding carboxylic acids is 4. The third-order valence-electron chi connectivity index (χ3n) is 9.07. The van der Waals surface area contributed by atoms with Crippen LogP contribution in [0.25, 0.3) is 10.8 Å². The molecule has 3 aliphatic rings. The fourth-order valence-corrected chi connectivity index (χ4v) is 6.95. The van der Waals surface area contributed by atoms with E-state index in [0.29, 0.717) is 29.6 Å². The molecular weight excluding hydrogens is 588 g/mol. The fourth-order valence-electron chi connectivity index (χ4n) is 6.95. The van der Waals surface area contributed by atoms with E-state index in [0.717, 1.165) is 25.3 Å². The van der Waals surface area contributed by atoms with E-state index in [-0.39, 0.29) is 48.2 Å². The van der Waals surface area contributed by atoms with Crippen molar-refractivity contribution in [1.82, 2.24) is 9.88 Å². The number of pyridine rings is 1. The zero-order valence-corrected chi connectivity index (χ0v) is 25.4. The number of unbranched alkanes of at least 4 members (excludes halogenated alkanes) is 2. The number of carbonyl (C=O) groups is 4. The lowest BCUT2D eigenvalue weighted by atomic mass is 9.76. The zero-order chi connectivity index (χ0) is 31.0. The highest BCUT2D eigenvalue weighted by molar-refractivity contribution is 6.39. The minimum atomic E-state index is -2.03. The molecule has 6 rings (SSSR count). The Bertz CT molecular complexity index is 1900. The Morgan fingerprint density at radius 2 is 1.52 bits per heavy atom. The topological polar surface area (TPSA) is 165 Å². The van der Waals surface area contributed by atoms with Crippen LogP contribution in [0.15, 0.2) is 28.6 Å². The zero-order valence-electron chi connectivity index (χ0n) is 24.6. The van der Waals surface area contributed by atoms with E-state index in [1.54, 1.807) is 26.2 Å². The van der Waals surface area contributed by atoms with Crippen molar-refractivity contribution in [3.8, 4) is 17.2 Å². The maximum absolute atomic E-state index is 14.2. The van der Waals surface area contributed by atoms with E-state index in [4.69, 9.17) is 0 Å². The number of aromatic hydroxyl groups is 3. The number of Topliss-reactive ketones (excluding diaryl/α,β-unsaturated/α-hetero) is 3. The van der Waals surface area contributed by atoms with Crippen molar-refractivity contribution in [2.75, 3.05) is 20.6 Å². The van der Waals surface area contributed by atoms with Crippen LogP contribution in [0.1, 0.15) is 97.3 Å². The van der Waals surface area contributed by atoms with Gasteiger partial charge in [-0.3, -0.25) is 24.0 Å². The highest BCUT2D eigenvalue weighted by atomic mass is 35.5. The molecule has 2 aromatic carbocycles. The summed E-state index contributed by atoms with van der Waals surface area (Å²) >= 11 is 0. The summed E-state index contributed by atoms with van der Waals surface area (Å²) in [5.74, 6) is -5.46. The second-order valence-corrected chi connectivity index (χ2v) is 12.0. The normalized spacial score (nSPS) is 18.6. The highest BCUT2D eigenvalue weighted by Gasteiger charge is 2.61. The molecule has 3 aliphatic carbocycles. The number of rotatable bonds is 7. The quantitative estimate of drug-likeness (QED) is 0.171. The number of allylic oxidation sites excluding steroid dienone is 1. The molecule has 11 heteroatoms. The number of phenolic OH excluding ortho intramolecular Hbond substituents is 3. The van der Waals surface area contributed by atoms with Crippen molar-refractivity contribution < 1.29 is 34.5 Å². The van der Waals surface area contributed by atoms with Gasteiger partial charge in [0.15, 0.2) is 23.1 Å². The molecule has 1 heterocycles. The molecule has 1 unspecified atom stereocenters. The van der Waals surface area contributed by atoms with Gasteiger partial charge < -0.3 is 25.2 Å². The van der Waals surface area contributed by atoms with Gasteiger partial charge in [0.05, 0.1) is 27.6 Å². The summed E-state index contributed by atoms with van der Waals surface area (Å²) in [4.78, 5) is 72.7. The van der Waals surface area contributed by atoms with E-state index < -0.39 is 73.6 Å². The Morgan fingerprint density at radius 1 is 0.864 bits per heavy atom. The molecule has 44 heavy (non-hydrogen) atoms. The summed E-state index contributed by atoms with van der Waals surface area (Å²) in [6.45, 7) is 2.51. The Hall–Kier alpha value is -4.28. The predicted octanol–water partition coefficient (Wildman–Crippen LogP) is 4.32. The van der Waals surface area contributed by atoms with Gasteiger partial charge in [0, 0.05) is 23.4 Å². The number of halogens is 1. The Labute approximate surface area is 258 Å². The van der Waals surface area contributed by atoms with Gasteiger partial charge >= 0.3 is 0 Å². The van der Waals surface area contributed by atoms with Gasteiger partial charge in [-0.05, 0) is 69.3 Å². The van der Waals surface area contributed by atoms with Crippen molar-refractivity contribution in [1.29, 1.82) is 0 Å². The van der Waals surface area contributed by atoms with E-state index >= 15 is 0 Å². The Morgan fingerprint density at radius 3 is 2.16 bits per heavy atom. The number of phenols is 3. The molecule has 10 nitrogen and oxygen atoms in total. The molecular formula is C33H33ClN2O8. The highest BCUT2D eigenvalue weighted by Crippen LogP contribution is 2.57. The number of fused-ring (bicyclic) bond motifs is 5. The molecule has 0 saturated heterocycles. The lowest BCUT2D eigenvalue weighted by Gasteiger charge is -2.22. The predicted molar refractivity (Wildman–Crippen MR) is 165 cm³/mol. The van der Waals surface area contributed by atoms with Crippen LogP contribution < -0.4 is 5.56 Å². The summed E-state index contributed by atoms with van der Waals surface area (Å²) in [5, 5.41) is 34.5. The first-order valence-corrected chi connectivity index (χ1v) is 14.5. The summed E-state index contributed by atoms with van der Waals surface area (Å²) < 4.78 is 0. The molecule has 0 aliphatic heterocycles. The molecule has 4 N–H and O–H groups in total. The number of aromatic nitrogens is 1. The van der Waals surface area contributed by atoms with Crippen LogP contribution in [-0.4, -0.2) is 69.0 Å². The molecule has 0 fully saturated rings. The fraction of sp³-hybridized carbons (Fsp3) is 0.364. The third kappa shape index (κ3) is 4.22. The lowest BCUT2D eigenvalue weighted by molar-refractivity contribution is 0.0790. The van der Waals surface area contributed by atoms with Gasteiger partial charge in [-0.15, -0.1) is 12.4 Å². The van der Waals surface area contributed by atoms with Gasteiger partial charge in [-0.25, -0.2) is 0 Å². The molecule has 0 saturated carbocycles. The summed E-state index contributed by atoms with van der Waals surface area (Å²) in [7, 11) is 3.59. The average Bonchev–Trinajstić information content (AvgIpc) is 3.44. The molecule has 0 bridgehead atoms. The van der Waals surface area contributed by atoms with E-state index in [9.17, 15) is 39.3 Å². The smallest absolute Gasteiger partial charge is 0.259 e. The molecule has 1 atom stereocenters. The number of aromatic amines is 1. The van der Waals surface area contributed by atoms with Crippen LogP contribution in [0.4, 0.5) is 0 Å². The number of aryl methyl sites for hydroxylation is 2. The number of hydrogen-bond acceptors (Lipinski definition) is 9. The SMILES string of the molecule is CCCCCc1cc2cc3c(c(O)c2c(=O)[nH]1)C1(CC3)C(=O)c2c(O)c3c(c(O)c2C1=O)C(=O)C(CCN(C)C)=CC3=O.Cl. The van der Waals surface area contributed by atoms with Crippen LogP contribution in [0, 0.1) is 0 Å². The number of hydrogen-bond donors (Lipinski definition) is 4. The first-order valence-electron chi connectivity index (χ1n) is 14.5. The van der Waals surface area contributed by atoms with Crippen molar-refractivity contribution in [3.63, 3.8) is 0 Å². The molecule has 1 spiro atoms. The average molecular weight is 621 g/mol. The van der Waals surface area contributed by atoms with E-state index in [1.165, 1.54) is 0 Å². The van der Waals surface area contributed by atoms with Crippen LogP contribution >= 0.6 is 12.4 Å². The van der Waals surface area contributed by atoms with Gasteiger partial charge in [-0.2, -0.15) is 0 Å². The van der Waals surface area contributed by atoms with Gasteiger partial charge in [0.1, 0.15) is 22.7 Å². The molecule has 0 amide bonds. The van der Waals surface area contributed by atoms with Crippen LogP contribution in [0.5, 0.6) is 17.2 Å². The number of nitrogens with zero attached hydrogens (tertiary/aromatic N) is 1. The number of H-pyrrole nitrogens is 1. The van der Waals surface area contributed by atoms with E-state index in [2.05, 4.69) is 11.9 Å². The van der Waals surface area contributed by atoms with Crippen molar-refractivity contribution in [3.05, 3.63) is 73.2 Å². The first-order chi connectivity index (χ1) is 20.4. The lowest BCUT2D eigenvalue weighted by Crippen LogP contribution is -2.36. The Kier molecular flexibility index (Phi) is 7.80. The van der Waals surface area contributed by atoms with Crippen LogP contribution in [0.3, 0.4) is 0 Å². The molecule has 1 aromatic heterocycles. The van der Waals surface area contributed by atoms with Crippen molar-refractivity contribution in [2.45, 2.75) is 57.3 Å². The van der Waals surface area contributed by atoms with Gasteiger partial charge in [-0.1, -0.05) is 25.8 Å². The third-order valence-corrected chi connectivity index (χ3v) is 9.07. The molecule has 3 aromatic rings.